The van der Waals surface area contributed by atoms with Crippen LogP contribution < -0.4 is 5.73 Å². The van der Waals surface area contributed by atoms with Crippen LogP contribution in [0.4, 0.5) is 0 Å². The van der Waals surface area contributed by atoms with Crippen molar-refractivity contribution in [1.82, 2.24) is 9.55 Å². The number of rotatable bonds is 2. The van der Waals surface area contributed by atoms with Gasteiger partial charge in [0.15, 0.2) is 11.4 Å². The maximum atomic E-state index is 9.08. The Kier molecular flexibility index (Phi) is 3.52. The first-order chi connectivity index (χ1) is 9.08. The lowest BCUT2D eigenvalue weighted by molar-refractivity contribution is 0.817. The summed E-state index contributed by atoms with van der Waals surface area (Å²) in [6.07, 6.45) is 1.42. The third-order valence-corrected chi connectivity index (χ3v) is 3.06. The molecule has 2 N–H and O–H groups in total. The van der Waals surface area contributed by atoms with Crippen molar-refractivity contribution in [3.05, 3.63) is 46.5 Å². The average Bonchev–Trinajstić information content (AvgIpc) is 2.80. The van der Waals surface area contributed by atoms with Gasteiger partial charge in [0.05, 0.1) is 0 Å². The molecule has 0 saturated carbocycles. The molecule has 0 saturated heterocycles. The zero-order valence-electron chi connectivity index (χ0n) is 10.1. The van der Waals surface area contributed by atoms with Crippen molar-refractivity contribution in [3.63, 3.8) is 0 Å². The van der Waals surface area contributed by atoms with Crippen LogP contribution in [0, 0.1) is 22.7 Å². The summed E-state index contributed by atoms with van der Waals surface area (Å²) >= 11 is 6.15. The number of benzene rings is 1. The molecule has 0 aliphatic heterocycles. The van der Waals surface area contributed by atoms with Gasteiger partial charge in [-0.3, -0.25) is 4.57 Å². The fourth-order valence-corrected chi connectivity index (χ4v) is 2.11. The average molecular weight is 272 g/mol. The largest absolute Gasteiger partial charge is 0.324 e. The maximum Gasteiger partial charge on any atom is 0.177 e. The minimum absolute atomic E-state index is 0.0925. The molecule has 0 spiro atoms. The van der Waals surface area contributed by atoms with Gasteiger partial charge >= 0.3 is 0 Å². The third kappa shape index (κ3) is 2.30. The van der Waals surface area contributed by atoms with Crippen molar-refractivity contribution in [1.29, 1.82) is 10.5 Å². The molecule has 1 unspecified atom stereocenters. The predicted molar refractivity (Wildman–Crippen MR) is 70.6 cm³/mol. The molecule has 0 amide bonds. The molecular weight excluding hydrogens is 262 g/mol. The van der Waals surface area contributed by atoms with Gasteiger partial charge in [0.25, 0.3) is 0 Å². The monoisotopic (exact) mass is 271 g/mol. The highest BCUT2D eigenvalue weighted by Crippen LogP contribution is 2.25. The van der Waals surface area contributed by atoms with Crippen LogP contribution in [-0.2, 0) is 0 Å². The van der Waals surface area contributed by atoms with Crippen LogP contribution >= 0.6 is 11.6 Å². The highest BCUT2D eigenvalue weighted by molar-refractivity contribution is 6.31. The van der Waals surface area contributed by atoms with Crippen LogP contribution in [0.3, 0.4) is 0 Å². The molecule has 2 aromatic rings. The molecule has 1 aromatic heterocycles. The molecule has 1 heterocycles. The zero-order chi connectivity index (χ0) is 14.0. The van der Waals surface area contributed by atoms with Crippen molar-refractivity contribution in [2.24, 2.45) is 5.73 Å². The van der Waals surface area contributed by atoms with E-state index in [0.717, 1.165) is 5.56 Å². The first-order valence-corrected chi connectivity index (χ1v) is 5.89. The molecule has 19 heavy (non-hydrogen) atoms. The lowest BCUT2D eigenvalue weighted by Crippen LogP contribution is -2.06. The molecule has 1 aromatic carbocycles. The highest BCUT2D eigenvalue weighted by atomic mass is 35.5. The molecule has 0 fully saturated rings. The van der Waals surface area contributed by atoms with Crippen LogP contribution in [0.15, 0.2) is 24.5 Å². The van der Waals surface area contributed by atoms with Crippen LogP contribution in [0.25, 0.3) is 5.69 Å². The van der Waals surface area contributed by atoms with Crippen molar-refractivity contribution < 1.29 is 0 Å². The van der Waals surface area contributed by atoms with Crippen molar-refractivity contribution >= 4 is 11.6 Å². The summed E-state index contributed by atoms with van der Waals surface area (Å²) in [7, 11) is 0. The molecule has 0 bridgehead atoms. The van der Waals surface area contributed by atoms with Crippen molar-refractivity contribution in [3.8, 4) is 17.8 Å². The number of aromatic nitrogens is 2. The number of nitrogens with zero attached hydrogens (tertiary/aromatic N) is 4. The van der Waals surface area contributed by atoms with Crippen LogP contribution in [0.1, 0.15) is 29.9 Å². The van der Waals surface area contributed by atoms with Crippen LogP contribution in [-0.4, -0.2) is 9.55 Å². The highest BCUT2D eigenvalue weighted by Gasteiger charge is 2.13. The van der Waals surface area contributed by atoms with E-state index in [-0.39, 0.29) is 17.4 Å². The molecule has 0 aliphatic rings. The van der Waals surface area contributed by atoms with Gasteiger partial charge in [-0.25, -0.2) is 4.98 Å². The number of nitriles is 2. The fraction of sp³-hybridized carbons (Fsp3) is 0.154. The second-order valence-electron chi connectivity index (χ2n) is 4.03. The second-order valence-corrected chi connectivity index (χ2v) is 4.44. The fourth-order valence-electron chi connectivity index (χ4n) is 1.77. The summed E-state index contributed by atoms with van der Waals surface area (Å²) in [5.74, 6) is 0. The number of halogens is 1. The Labute approximate surface area is 115 Å². The first kappa shape index (κ1) is 13.1. The summed E-state index contributed by atoms with van der Waals surface area (Å²) in [6, 6.07) is 8.95. The third-order valence-electron chi connectivity index (χ3n) is 2.73. The van der Waals surface area contributed by atoms with Gasteiger partial charge in [-0.05, 0) is 24.6 Å². The maximum absolute atomic E-state index is 9.08. The molecule has 0 aliphatic carbocycles. The summed E-state index contributed by atoms with van der Waals surface area (Å²) in [4.78, 5) is 3.88. The minimum Gasteiger partial charge on any atom is -0.324 e. The smallest absolute Gasteiger partial charge is 0.177 e. The summed E-state index contributed by atoms with van der Waals surface area (Å²) < 4.78 is 1.52. The molecule has 6 heteroatoms. The Morgan fingerprint density at radius 3 is 2.63 bits per heavy atom. The Morgan fingerprint density at radius 2 is 2.11 bits per heavy atom. The topological polar surface area (TPSA) is 91.4 Å². The van der Waals surface area contributed by atoms with E-state index in [1.807, 2.05) is 19.1 Å². The Balaban J connectivity index is 2.56. The van der Waals surface area contributed by atoms with E-state index >= 15 is 0 Å². The Morgan fingerprint density at radius 1 is 1.37 bits per heavy atom. The normalized spacial score (nSPS) is 11.6. The van der Waals surface area contributed by atoms with Gasteiger partial charge < -0.3 is 5.73 Å². The molecule has 1 atom stereocenters. The zero-order valence-corrected chi connectivity index (χ0v) is 10.9. The second kappa shape index (κ2) is 5.11. The van der Waals surface area contributed by atoms with E-state index in [1.165, 1.54) is 10.9 Å². The van der Waals surface area contributed by atoms with Crippen molar-refractivity contribution in [2.75, 3.05) is 0 Å². The van der Waals surface area contributed by atoms with E-state index in [4.69, 9.17) is 27.9 Å². The molecule has 2 rings (SSSR count). The van der Waals surface area contributed by atoms with Crippen molar-refractivity contribution in [2.45, 2.75) is 13.0 Å². The van der Waals surface area contributed by atoms with Crippen LogP contribution in [0.2, 0.25) is 5.02 Å². The number of imidazole rings is 1. The Bertz CT molecular complexity index is 703. The van der Waals surface area contributed by atoms with Crippen LogP contribution in [0.5, 0.6) is 0 Å². The van der Waals surface area contributed by atoms with E-state index in [2.05, 4.69) is 4.98 Å². The Hall–Kier alpha value is -2.34. The first-order valence-electron chi connectivity index (χ1n) is 5.51. The minimum atomic E-state index is -0.172. The van der Waals surface area contributed by atoms with Gasteiger partial charge in [-0.15, -0.1) is 0 Å². The van der Waals surface area contributed by atoms with Gasteiger partial charge in [0.1, 0.15) is 18.5 Å². The number of nitrogens with two attached hydrogens (primary N) is 1. The SMILES string of the molecule is CC(N)c1ccc(-n2cnc(C#N)c2C#N)cc1Cl. The van der Waals surface area contributed by atoms with Gasteiger partial charge in [0.2, 0.25) is 0 Å². The van der Waals surface area contributed by atoms with Gasteiger partial charge in [0, 0.05) is 16.8 Å². The number of hydrogen-bond acceptors (Lipinski definition) is 4. The molecular formula is C13H10ClN5. The number of hydrogen-bond donors (Lipinski definition) is 1. The summed E-state index contributed by atoms with van der Waals surface area (Å²) in [5, 5.41) is 18.5. The lowest BCUT2D eigenvalue weighted by atomic mass is 10.1. The quantitative estimate of drug-likeness (QED) is 0.907. The summed E-state index contributed by atoms with van der Waals surface area (Å²) in [6.45, 7) is 1.84. The summed E-state index contributed by atoms with van der Waals surface area (Å²) in [5.41, 5.74) is 7.56. The van der Waals surface area contributed by atoms with E-state index < -0.39 is 0 Å². The lowest BCUT2D eigenvalue weighted by Gasteiger charge is -2.10. The van der Waals surface area contributed by atoms with E-state index in [1.54, 1.807) is 18.2 Å². The molecule has 94 valence electrons. The van der Waals surface area contributed by atoms with E-state index in [0.29, 0.717) is 10.7 Å². The van der Waals surface area contributed by atoms with Gasteiger partial charge in [-0.1, -0.05) is 17.7 Å². The van der Waals surface area contributed by atoms with E-state index in [9.17, 15) is 0 Å². The molecule has 0 radical (unpaired) electrons. The standard InChI is InChI=1S/C13H10ClN5/c1-8(17)10-3-2-9(4-11(10)14)19-7-18-12(5-15)13(19)6-16/h2-4,7-8H,17H2,1H3. The van der Waals surface area contributed by atoms with Gasteiger partial charge in [-0.2, -0.15) is 10.5 Å². The molecule has 5 nitrogen and oxygen atoms in total. The predicted octanol–water partition coefficient (Wildman–Crippen LogP) is 2.29.